The highest BCUT2D eigenvalue weighted by molar-refractivity contribution is 7.48. The zero-order valence-corrected chi connectivity index (χ0v) is 12.5. The fourth-order valence-corrected chi connectivity index (χ4v) is 3.93. The van der Waals surface area contributed by atoms with E-state index >= 15 is 0 Å². The molecule has 0 spiro atoms. The zero-order chi connectivity index (χ0) is 12.4. The van der Waals surface area contributed by atoms with Crippen LogP contribution in [0.2, 0.25) is 5.15 Å². The maximum Gasteiger partial charge on any atom is 0.129 e. The van der Waals surface area contributed by atoms with Crippen molar-refractivity contribution in [3.8, 4) is 0 Å². The molecular formula is C13H20ClN2P. The second-order valence-corrected chi connectivity index (χ2v) is 7.40. The van der Waals surface area contributed by atoms with E-state index in [1.54, 1.807) is 0 Å². The van der Waals surface area contributed by atoms with Crippen molar-refractivity contribution >= 4 is 25.5 Å². The van der Waals surface area contributed by atoms with Crippen molar-refractivity contribution in [2.45, 2.75) is 38.4 Å². The first kappa shape index (κ1) is 13.3. The van der Waals surface area contributed by atoms with E-state index in [-0.39, 0.29) is 0 Å². The first-order valence-electron chi connectivity index (χ1n) is 6.20. The largest absolute Gasteiger partial charge is 0.299 e. The summed E-state index contributed by atoms with van der Waals surface area (Å²) in [7, 11) is 3.02. The molecule has 1 unspecified atom stereocenters. The maximum atomic E-state index is 6.02. The molecule has 94 valence electrons. The lowest BCUT2D eigenvalue weighted by molar-refractivity contribution is 0.318. The predicted molar refractivity (Wildman–Crippen MR) is 76.9 cm³/mol. The van der Waals surface area contributed by atoms with Crippen molar-refractivity contribution in [2.24, 2.45) is 0 Å². The van der Waals surface area contributed by atoms with E-state index in [1.807, 2.05) is 6.20 Å². The molecule has 0 radical (unpaired) electrons. The molecule has 1 saturated heterocycles. The Labute approximate surface area is 111 Å². The third-order valence-electron chi connectivity index (χ3n) is 3.23. The standard InChI is InChI=1S/C13H20ClN2P/c1-9(2)17-12-7-13(14)15-8-10(12)11-5-4-6-16(11)3/h7-9,11,17H,4-6H2,1-3H3/t11-/m0/s1. The van der Waals surface area contributed by atoms with Crippen LogP contribution in [0.4, 0.5) is 0 Å². The average Bonchev–Trinajstić information content (AvgIpc) is 2.64. The van der Waals surface area contributed by atoms with Crippen molar-refractivity contribution in [3.05, 3.63) is 23.0 Å². The van der Waals surface area contributed by atoms with Crippen LogP contribution in [0.15, 0.2) is 12.3 Å². The van der Waals surface area contributed by atoms with Gasteiger partial charge in [0.1, 0.15) is 5.15 Å². The minimum Gasteiger partial charge on any atom is -0.299 e. The molecule has 1 aromatic heterocycles. The van der Waals surface area contributed by atoms with Gasteiger partial charge in [-0.3, -0.25) is 4.90 Å². The Kier molecular flexibility index (Phi) is 4.41. The van der Waals surface area contributed by atoms with E-state index in [2.05, 4.69) is 36.8 Å². The van der Waals surface area contributed by atoms with Crippen LogP contribution >= 0.6 is 20.2 Å². The second kappa shape index (κ2) is 5.65. The Morgan fingerprint density at radius 1 is 1.53 bits per heavy atom. The highest BCUT2D eigenvalue weighted by atomic mass is 35.5. The summed E-state index contributed by atoms with van der Waals surface area (Å²) >= 11 is 6.02. The highest BCUT2D eigenvalue weighted by Crippen LogP contribution is 2.33. The third kappa shape index (κ3) is 3.19. The predicted octanol–water partition coefficient (Wildman–Crippen LogP) is 3.21. The normalized spacial score (nSPS) is 22.1. The highest BCUT2D eigenvalue weighted by Gasteiger charge is 2.25. The summed E-state index contributed by atoms with van der Waals surface area (Å²) in [5.41, 5.74) is 2.07. The van der Waals surface area contributed by atoms with Crippen LogP contribution in [0.1, 0.15) is 38.3 Å². The monoisotopic (exact) mass is 270 g/mol. The van der Waals surface area contributed by atoms with Gasteiger partial charge in [-0.15, -0.1) is 0 Å². The van der Waals surface area contributed by atoms with Gasteiger partial charge in [0.2, 0.25) is 0 Å². The summed E-state index contributed by atoms with van der Waals surface area (Å²) < 4.78 is 0. The van der Waals surface area contributed by atoms with Crippen LogP contribution in [-0.2, 0) is 0 Å². The number of hydrogen-bond donors (Lipinski definition) is 0. The molecule has 0 aromatic carbocycles. The Morgan fingerprint density at radius 3 is 2.88 bits per heavy atom. The zero-order valence-electron chi connectivity index (χ0n) is 10.7. The first-order valence-corrected chi connectivity index (χ1v) is 7.65. The van der Waals surface area contributed by atoms with E-state index in [0.717, 1.165) is 8.58 Å². The van der Waals surface area contributed by atoms with Crippen LogP contribution in [0.5, 0.6) is 0 Å². The maximum absolute atomic E-state index is 6.02. The molecule has 0 saturated carbocycles. The van der Waals surface area contributed by atoms with Gasteiger partial charge in [0.05, 0.1) is 0 Å². The molecule has 2 rings (SSSR count). The Morgan fingerprint density at radius 2 is 2.29 bits per heavy atom. The fourth-order valence-electron chi connectivity index (χ4n) is 2.45. The molecule has 2 nitrogen and oxygen atoms in total. The number of rotatable bonds is 3. The van der Waals surface area contributed by atoms with Crippen molar-refractivity contribution < 1.29 is 0 Å². The molecule has 0 aliphatic carbocycles. The molecule has 1 aliphatic heterocycles. The smallest absolute Gasteiger partial charge is 0.129 e. The van der Waals surface area contributed by atoms with E-state index in [1.165, 1.54) is 30.3 Å². The minimum absolute atomic E-state index is 0.543. The lowest BCUT2D eigenvalue weighted by atomic mass is 10.1. The Bertz CT molecular complexity index is 395. The van der Waals surface area contributed by atoms with Gasteiger partial charge in [-0.1, -0.05) is 34.0 Å². The van der Waals surface area contributed by atoms with Gasteiger partial charge in [-0.05, 0) is 49.0 Å². The summed E-state index contributed by atoms with van der Waals surface area (Å²) in [6.45, 7) is 5.71. The number of nitrogens with zero attached hydrogens (tertiary/aromatic N) is 2. The quantitative estimate of drug-likeness (QED) is 0.619. The van der Waals surface area contributed by atoms with Crippen LogP contribution < -0.4 is 5.30 Å². The molecule has 2 heterocycles. The summed E-state index contributed by atoms with van der Waals surface area (Å²) in [6.07, 6.45) is 4.52. The molecule has 0 amide bonds. The molecule has 0 N–H and O–H groups in total. The molecule has 1 aliphatic rings. The van der Waals surface area contributed by atoms with Gasteiger partial charge in [0.15, 0.2) is 0 Å². The van der Waals surface area contributed by atoms with Crippen molar-refractivity contribution in [1.29, 1.82) is 0 Å². The van der Waals surface area contributed by atoms with Gasteiger partial charge >= 0.3 is 0 Å². The molecule has 2 atom stereocenters. The fraction of sp³-hybridized carbons (Fsp3) is 0.615. The Balaban J connectivity index is 2.31. The summed E-state index contributed by atoms with van der Waals surface area (Å²) in [5, 5.41) is 2.02. The minimum atomic E-state index is 0.543. The van der Waals surface area contributed by atoms with E-state index in [4.69, 9.17) is 11.6 Å². The lowest BCUT2D eigenvalue weighted by Gasteiger charge is -2.23. The van der Waals surface area contributed by atoms with Gasteiger partial charge < -0.3 is 0 Å². The van der Waals surface area contributed by atoms with Crippen LogP contribution in [-0.4, -0.2) is 29.1 Å². The van der Waals surface area contributed by atoms with Crippen molar-refractivity contribution in [2.75, 3.05) is 13.6 Å². The van der Waals surface area contributed by atoms with Crippen molar-refractivity contribution in [1.82, 2.24) is 9.88 Å². The number of pyridine rings is 1. The van der Waals surface area contributed by atoms with Gasteiger partial charge in [-0.2, -0.15) is 0 Å². The molecule has 0 bridgehead atoms. The number of likely N-dealkylation sites (tertiary alicyclic amines) is 1. The average molecular weight is 271 g/mol. The van der Waals surface area contributed by atoms with Crippen molar-refractivity contribution in [3.63, 3.8) is 0 Å². The van der Waals surface area contributed by atoms with Gasteiger partial charge in [0, 0.05) is 12.2 Å². The van der Waals surface area contributed by atoms with Gasteiger partial charge in [0.25, 0.3) is 0 Å². The van der Waals surface area contributed by atoms with Gasteiger partial charge in [-0.25, -0.2) is 4.98 Å². The molecular weight excluding hydrogens is 251 g/mol. The van der Waals surface area contributed by atoms with E-state index in [9.17, 15) is 0 Å². The SMILES string of the molecule is CC(C)Pc1cc(Cl)ncc1[C@@H]1CCCN1C. The Hall–Kier alpha value is -0.170. The third-order valence-corrected chi connectivity index (χ3v) is 4.75. The van der Waals surface area contributed by atoms with Crippen LogP contribution in [0.3, 0.4) is 0 Å². The summed E-state index contributed by atoms with van der Waals surface area (Å²) in [6, 6.07) is 2.60. The molecule has 17 heavy (non-hydrogen) atoms. The number of aromatic nitrogens is 1. The molecule has 1 aromatic rings. The topological polar surface area (TPSA) is 16.1 Å². The second-order valence-electron chi connectivity index (χ2n) is 5.03. The first-order chi connectivity index (χ1) is 8.08. The van der Waals surface area contributed by atoms with E-state index in [0.29, 0.717) is 16.9 Å². The van der Waals surface area contributed by atoms with Crippen LogP contribution in [0.25, 0.3) is 0 Å². The molecule has 4 heteroatoms. The van der Waals surface area contributed by atoms with E-state index < -0.39 is 0 Å². The summed E-state index contributed by atoms with van der Waals surface area (Å²) in [5.74, 6) is 0. The molecule has 1 fully saturated rings. The number of halogens is 1. The lowest BCUT2D eigenvalue weighted by Crippen LogP contribution is -2.22. The summed E-state index contributed by atoms with van der Waals surface area (Å²) in [4.78, 5) is 6.70. The van der Waals surface area contributed by atoms with Crippen LogP contribution in [0, 0.1) is 0 Å². The number of hydrogen-bond acceptors (Lipinski definition) is 2.